The molecule has 0 aromatic rings. The maximum absolute atomic E-state index is 8.48. The van der Waals surface area contributed by atoms with Crippen molar-refractivity contribution in [3.8, 4) is 6.07 Å². The molecule has 0 unspecified atom stereocenters. The van der Waals surface area contributed by atoms with Crippen LogP contribution in [0.25, 0.3) is 0 Å². The van der Waals surface area contributed by atoms with Crippen molar-refractivity contribution in [2.24, 2.45) is 11.1 Å². The van der Waals surface area contributed by atoms with E-state index >= 15 is 0 Å². The molecule has 10 heavy (non-hydrogen) atoms. The van der Waals surface area contributed by atoms with Gasteiger partial charge in [0.1, 0.15) is 5.60 Å². The van der Waals surface area contributed by atoms with Crippen molar-refractivity contribution in [1.29, 1.82) is 5.26 Å². The van der Waals surface area contributed by atoms with Gasteiger partial charge in [-0.15, -0.1) is 0 Å². The Kier molecular flexibility index (Phi) is 0.986. The van der Waals surface area contributed by atoms with Gasteiger partial charge in [0.15, 0.2) is 0 Å². The van der Waals surface area contributed by atoms with Crippen molar-refractivity contribution in [2.75, 3.05) is 0 Å². The van der Waals surface area contributed by atoms with Crippen LogP contribution in [0.1, 0.15) is 19.3 Å². The van der Waals surface area contributed by atoms with Gasteiger partial charge in [0.2, 0.25) is 0 Å². The molecular formula is C7H8N2O. The molecule has 0 bridgehead atoms. The third-order valence-corrected chi connectivity index (χ3v) is 2.20. The zero-order valence-electron chi connectivity index (χ0n) is 5.58. The van der Waals surface area contributed by atoms with Gasteiger partial charge in [0, 0.05) is 25.5 Å². The van der Waals surface area contributed by atoms with E-state index in [0.717, 1.165) is 19.3 Å². The molecule has 1 aliphatic heterocycles. The molecule has 0 radical (unpaired) electrons. The summed E-state index contributed by atoms with van der Waals surface area (Å²) in [4.78, 5) is 5.13. The van der Waals surface area contributed by atoms with Gasteiger partial charge in [-0.2, -0.15) is 5.26 Å². The van der Waals surface area contributed by atoms with Crippen molar-refractivity contribution in [2.45, 2.75) is 24.9 Å². The summed E-state index contributed by atoms with van der Waals surface area (Å²) in [6.07, 6.45) is 4.41. The summed E-state index contributed by atoms with van der Waals surface area (Å²) in [6, 6.07) is 2.22. The zero-order valence-corrected chi connectivity index (χ0v) is 5.58. The SMILES string of the molecule is N#CC1CC2(CC=NO2)C1. The second-order valence-electron chi connectivity index (χ2n) is 3.00. The molecule has 1 aliphatic carbocycles. The number of oxime groups is 1. The number of nitrogens with zero attached hydrogens (tertiary/aromatic N) is 2. The first-order valence-electron chi connectivity index (χ1n) is 3.44. The molecule has 2 rings (SSSR count). The molecule has 0 aromatic heterocycles. The van der Waals surface area contributed by atoms with E-state index in [0.29, 0.717) is 0 Å². The van der Waals surface area contributed by atoms with E-state index in [1.54, 1.807) is 6.21 Å². The summed E-state index contributed by atoms with van der Waals surface area (Å²) in [7, 11) is 0. The molecule has 0 atom stereocenters. The van der Waals surface area contributed by atoms with Crippen LogP contribution in [-0.2, 0) is 4.84 Å². The number of hydrogen-bond donors (Lipinski definition) is 0. The van der Waals surface area contributed by atoms with E-state index in [1.807, 2.05) is 0 Å². The zero-order chi connectivity index (χ0) is 7.03. The van der Waals surface area contributed by atoms with Crippen LogP contribution in [0.5, 0.6) is 0 Å². The highest BCUT2D eigenvalue weighted by molar-refractivity contribution is 5.60. The largest absolute Gasteiger partial charge is 0.389 e. The Morgan fingerprint density at radius 2 is 2.50 bits per heavy atom. The normalized spacial score (nSPS) is 42.5. The quantitative estimate of drug-likeness (QED) is 0.500. The molecule has 0 aromatic carbocycles. The van der Waals surface area contributed by atoms with Gasteiger partial charge in [-0.05, 0) is 0 Å². The molecule has 1 spiro atoms. The molecule has 1 saturated carbocycles. The lowest BCUT2D eigenvalue weighted by molar-refractivity contribution is -0.0941. The summed E-state index contributed by atoms with van der Waals surface area (Å²) in [5.74, 6) is 0.210. The maximum atomic E-state index is 8.48. The van der Waals surface area contributed by atoms with Crippen LogP contribution in [0, 0.1) is 17.2 Å². The predicted molar refractivity (Wildman–Crippen MR) is 35.3 cm³/mol. The Morgan fingerprint density at radius 3 is 3.00 bits per heavy atom. The monoisotopic (exact) mass is 136 g/mol. The average molecular weight is 136 g/mol. The molecule has 2 aliphatic rings. The topological polar surface area (TPSA) is 45.4 Å². The van der Waals surface area contributed by atoms with Crippen molar-refractivity contribution >= 4 is 6.21 Å². The molecule has 1 heterocycles. The Labute approximate surface area is 59.3 Å². The van der Waals surface area contributed by atoms with Gasteiger partial charge in [-0.25, -0.2) is 0 Å². The van der Waals surface area contributed by atoms with Crippen molar-refractivity contribution in [1.82, 2.24) is 0 Å². The second-order valence-corrected chi connectivity index (χ2v) is 3.00. The number of hydrogen-bond acceptors (Lipinski definition) is 3. The lowest BCUT2D eigenvalue weighted by Crippen LogP contribution is -2.42. The van der Waals surface area contributed by atoms with Crippen LogP contribution in [0.3, 0.4) is 0 Å². The highest BCUT2D eigenvalue weighted by Gasteiger charge is 2.48. The summed E-state index contributed by atoms with van der Waals surface area (Å²) >= 11 is 0. The van der Waals surface area contributed by atoms with Crippen molar-refractivity contribution < 1.29 is 4.84 Å². The third-order valence-electron chi connectivity index (χ3n) is 2.20. The van der Waals surface area contributed by atoms with Gasteiger partial charge < -0.3 is 4.84 Å². The van der Waals surface area contributed by atoms with Crippen LogP contribution >= 0.6 is 0 Å². The van der Waals surface area contributed by atoms with Crippen LogP contribution in [0.15, 0.2) is 5.16 Å². The minimum Gasteiger partial charge on any atom is -0.389 e. The van der Waals surface area contributed by atoms with Crippen LogP contribution in [0.2, 0.25) is 0 Å². The Bertz CT molecular complexity index is 200. The molecule has 3 nitrogen and oxygen atoms in total. The highest BCUT2D eigenvalue weighted by Crippen LogP contribution is 2.44. The Balaban J connectivity index is 1.96. The van der Waals surface area contributed by atoms with Crippen LogP contribution < -0.4 is 0 Å². The standard InChI is InChI=1S/C7H8N2O/c8-5-6-3-7(4-6)1-2-9-10-7/h2,6H,1,3-4H2. The first-order chi connectivity index (χ1) is 4.85. The Hall–Kier alpha value is -1.04. The van der Waals surface area contributed by atoms with E-state index in [2.05, 4.69) is 11.2 Å². The molecule has 0 N–H and O–H groups in total. The van der Waals surface area contributed by atoms with E-state index in [9.17, 15) is 0 Å². The van der Waals surface area contributed by atoms with E-state index < -0.39 is 0 Å². The Morgan fingerprint density at radius 1 is 1.70 bits per heavy atom. The minimum atomic E-state index is -0.0552. The van der Waals surface area contributed by atoms with E-state index in [-0.39, 0.29) is 11.5 Å². The lowest BCUT2D eigenvalue weighted by atomic mass is 9.70. The highest BCUT2D eigenvalue weighted by atomic mass is 16.7. The molecule has 0 saturated heterocycles. The summed E-state index contributed by atoms with van der Waals surface area (Å²) in [5.41, 5.74) is -0.0552. The first-order valence-corrected chi connectivity index (χ1v) is 3.44. The molecular weight excluding hydrogens is 128 g/mol. The van der Waals surface area contributed by atoms with Gasteiger partial charge in [-0.3, -0.25) is 0 Å². The third kappa shape index (κ3) is 0.621. The van der Waals surface area contributed by atoms with Gasteiger partial charge in [0.25, 0.3) is 0 Å². The first kappa shape index (κ1) is 5.72. The van der Waals surface area contributed by atoms with Crippen molar-refractivity contribution in [3.63, 3.8) is 0 Å². The molecule has 1 fully saturated rings. The molecule has 3 heteroatoms. The van der Waals surface area contributed by atoms with E-state index in [1.165, 1.54) is 0 Å². The minimum absolute atomic E-state index is 0.0552. The number of nitriles is 1. The molecule has 0 amide bonds. The summed E-state index contributed by atoms with van der Waals surface area (Å²) < 4.78 is 0. The predicted octanol–water partition coefficient (Wildman–Crippen LogP) is 1.06. The van der Waals surface area contributed by atoms with Gasteiger partial charge in [0.05, 0.1) is 12.0 Å². The fraction of sp³-hybridized carbons (Fsp3) is 0.714. The van der Waals surface area contributed by atoms with Crippen LogP contribution in [0.4, 0.5) is 0 Å². The smallest absolute Gasteiger partial charge is 0.145 e. The fourth-order valence-corrected chi connectivity index (χ4v) is 1.56. The maximum Gasteiger partial charge on any atom is 0.145 e. The van der Waals surface area contributed by atoms with Gasteiger partial charge >= 0.3 is 0 Å². The van der Waals surface area contributed by atoms with Crippen molar-refractivity contribution in [3.05, 3.63) is 0 Å². The van der Waals surface area contributed by atoms with Crippen LogP contribution in [-0.4, -0.2) is 11.8 Å². The second kappa shape index (κ2) is 1.72. The van der Waals surface area contributed by atoms with E-state index in [4.69, 9.17) is 10.1 Å². The molecule has 52 valence electrons. The lowest BCUT2D eigenvalue weighted by Gasteiger charge is -2.38. The fourth-order valence-electron chi connectivity index (χ4n) is 1.56. The average Bonchev–Trinajstić information content (AvgIpc) is 2.30. The number of rotatable bonds is 0. The van der Waals surface area contributed by atoms with Gasteiger partial charge in [-0.1, -0.05) is 5.16 Å². The summed E-state index contributed by atoms with van der Waals surface area (Å²) in [5, 5.41) is 12.2. The summed E-state index contributed by atoms with van der Waals surface area (Å²) in [6.45, 7) is 0.